The number of nitrogens with zero attached hydrogens (tertiary/aromatic N) is 1. The molecule has 1 unspecified atom stereocenters. The van der Waals surface area contributed by atoms with E-state index in [4.69, 9.17) is 11.6 Å². The smallest absolute Gasteiger partial charge is 0.258 e. The minimum atomic E-state index is -0.554. The molecule has 0 spiro atoms. The maximum absolute atomic E-state index is 13.8. The van der Waals surface area contributed by atoms with Crippen LogP contribution in [0.5, 0.6) is 0 Å². The average Bonchev–Trinajstić information content (AvgIpc) is 2.38. The summed E-state index contributed by atoms with van der Waals surface area (Å²) in [7, 11) is 0. The van der Waals surface area contributed by atoms with Crippen molar-refractivity contribution in [1.29, 1.82) is 0 Å². The lowest BCUT2D eigenvalue weighted by molar-refractivity contribution is 0.0689. The van der Waals surface area contributed by atoms with Crippen LogP contribution in [-0.4, -0.2) is 36.5 Å². The molecule has 5 heteroatoms. The lowest BCUT2D eigenvalue weighted by Crippen LogP contribution is -2.53. The highest BCUT2D eigenvalue weighted by Gasteiger charge is 2.27. The lowest BCUT2D eigenvalue weighted by Gasteiger charge is -2.34. The average molecular weight is 299 g/mol. The molecule has 0 saturated carbocycles. The number of nitrogens with one attached hydrogen (secondary N) is 1. The van der Waals surface area contributed by atoms with Gasteiger partial charge in [0.2, 0.25) is 0 Å². The molecule has 110 valence electrons. The van der Waals surface area contributed by atoms with Gasteiger partial charge < -0.3 is 10.2 Å². The van der Waals surface area contributed by atoms with Crippen LogP contribution in [0.15, 0.2) is 18.2 Å². The molecular formula is C15H20ClFN2O. The number of rotatable bonds is 3. The predicted molar refractivity (Wildman–Crippen MR) is 78.6 cm³/mol. The summed E-state index contributed by atoms with van der Waals surface area (Å²) in [5.74, 6) is -0.315. The summed E-state index contributed by atoms with van der Waals surface area (Å²) in [5.41, 5.74) is -0.0145. The monoisotopic (exact) mass is 298 g/mol. The fraction of sp³-hybridized carbons (Fsp3) is 0.533. The Kier molecular flexibility index (Phi) is 5.00. The quantitative estimate of drug-likeness (QED) is 0.930. The third kappa shape index (κ3) is 3.49. The Balaban J connectivity index is 2.12. The molecule has 0 aromatic heterocycles. The first-order valence-corrected chi connectivity index (χ1v) is 7.33. The van der Waals surface area contributed by atoms with E-state index in [1.54, 1.807) is 11.0 Å². The molecule has 0 radical (unpaired) electrons. The highest BCUT2D eigenvalue weighted by atomic mass is 35.5. The molecule has 20 heavy (non-hydrogen) atoms. The van der Waals surface area contributed by atoms with E-state index in [0.717, 1.165) is 13.0 Å². The molecule has 2 rings (SSSR count). The van der Waals surface area contributed by atoms with Gasteiger partial charge in [0, 0.05) is 25.7 Å². The molecule has 1 N–H and O–H groups in total. The van der Waals surface area contributed by atoms with Gasteiger partial charge in [0.05, 0.1) is 10.6 Å². The third-order valence-electron chi connectivity index (χ3n) is 3.48. The van der Waals surface area contributed by atoms with Crippen LogP contribution < -0.4 is 5.32 Å². The molecule has 1 aromatic rings. The number of carbonyl (C=O) groups is 1. The number of hydrogen-bond acceptors (Lipinski definition) is 2. The van der Waals surface area contributed by atoms with Gasteiger partial charge in [-0.1, -0.05) is 31.5 Å². The standard InChI is InChI=1S/C15H20ClFN2O/c1-10(2)8-11-9-19(7-6-18-11)15(20)14-12(16)4-3-5-13(14)17/h3-5,10-11,18H,6-9H2,1-2H3. The summed E-state index contributed by atoms with van der Waals surface area (Å²) in [5, 5.41) is 3.57. The van der Waals surface area contributed by atoms with Crippen molar-refractivity contribution in [3.63, 3.8) is 0 Å². The van der Waals surface area contributed by atoms with Crippen molar-refractivity contribution in [2.24, 2.45) is 5.92 Å². The van der Waals surface area contributed by atoms with Crippen molar-refractivity contribution in [1.82, 2.24) is 10.2 Å². The second kappa shape index (κ2) is 6.55. The zero-order valence-electron chi connectivity index (χ0n) is 11.8. The first kappa shape index (κ1) is 15.3. The molecule has 1 aliphatic rings. The van der Waals surface area contributed by atoms with Gasteiger partial charge in [-0.15, -0.1) is 0 Å². The number of carbonyl (C=O) groups excluding carboxylic acids is 1. The molecule has 1 aliphatic heterocycles. The summed E-state index contributed by atoms with van der Waals surface area (Å²) in [4.78, 5) is 14.1. The van der Waals surface area contributed by atoms with Gasteiger partial charge in [0.15, 0.2) is 0 Å². The van der Waals surface area contributed by atoms with Crippen LogP contribution in [0.4, 0.5) is 4.39 Å². The van der Waals surface area contributed by atoms with Crippen LogP contribution in [0.3, 0.4) is 0 Å². The first-order valence-electron chi connectivity index (χ1n) is 6.95. The van der Waals surface area contributed by atoms with Gasteiger partial charge in [0.25, 0.3) is 5.91 Å². The number of benzene rings is 1. The Hall–Kier alpha value is -1.13. The summed E-state index contributed by atoms with van der Waals surface area (Å²) in [6.45, 7) is 6.21. The van der Waals surface area contributed by atoms with E-state index < -0.39 is 5.82 Å². The van der Waals surface area contributed by atoms with Gasteiger partial charge in [-0.05, 0) is 24.5 Å². The fourth-order valence-electron chi connectivity index (χ4n) is 2.60. The molecule has 1 amide bonds. The van der Waals surface area contributed by atoms with Gasteiger partial charge in [-0.3, -0.25) is 4.79 Å². The molecule has 1 saturated heterocycles. The highest BCUT2D eigenvalue weighted by molar-refractivity contribution is 6.33. The summed E-state index contributed by atoms with van der Waals surface area (Å²) < 4.78 is 13.8. The van der Waals surface area contributed by atoms with E-state index in [2.05, 4.69) is 19.2 Å². The molecule has 3 nitrogen and oxygen atoms in total. The van der Waals surface area contributed by atoms with Crippen molar-refractivity contribution < 1.29 is 9.18 Å². The van der Waals surface area contributed by atoms with Crippen LogP contribution in [0.1, 0.15) is 30.6 Å². The van der Waals surface area contributed by atoms with E-state index in [1.807, 2.05) is 0 Å². The fourth-order valence-corrected chi connectivity index (χ4v) is 2.84. The minimum Gasteiger partial charge on any atom is -0.336 e. The van der Waals surface area contributed by atoms with E-state index in [-0.39, 0.29) is 22.5 Å². The van der Waals surface area contributed by atoms with Crippen LogP contribution in [0.25, 0.3) is 0 Å². The van der Waals surface area contributed by atoms with Crippen LogP contribution in [0, 0.1) is 11.7 Å². The summed E-state index contributed by atoms with van der Waals surface area (Å²) >= 11 is 5.96. The Bertz CT molecular complexity index is 473. The van der Waals surface area contributed by atoms with Gasteiger partial charge in [0.1, 0.15) is 5.82 Å². The maximum Gasteiger partial charge on any atom is 0.258 e. The molecule has 1 heterocycles. The number of amides is 1. The van der Waals surface area contributed by atoms with Crippen LogP contribution in [-0.2, 0) is 0 Å². The van der Waals surface area contributed by atoms with E-state index in [9.17, 15) is 9.18 Å². The third-order valence-corrected chi connectivity index (χ3v) is 3.79. The normalized spacial score (nSPS) is 19.4. The Labute approximate surface area is 124 Å². The van der Waals surface area contributed by atoms with Gasteiger partial charge in [-0.25, -0.2) is 4.39 Å². The molecule has 1 aromatic carbocycles. The maximum atomic E-state index is 13.8. The summed E-state index contributed by atoms with van der Waals surface area (Å²) in [6, 6.07) is 4.59. The molecule has 0 bridgehead atoms. The Morgan fingerprint density at radius 3 is 2.95 bits per heavy atom. The second-order valence-corrected chi connectivity index (χ2v) is 6.04. The Morgan fingerprint density at radius 2 is 2.30 bits per heavy atom. The Morgan fingerprint density at radius 1 is 1.55 bits per heavy atom. The topological polar surface area (TPSA) is 32.3 Å². The van der Waals surface area contributed by atoms with Crippen LogP contribution >= 0.6 is 11.6 Å². The number of hydrogen-bond donors (Lipinski definition) is 1. The second-order valence-electron chi connectivity index (χ2n) is 5.63. The molecular weight excluding hydrogens is 279 g/mol. The van der Waals surface area contributed by atoms with Gasteiger partial charge >= 0.3 is 0 Å². The number of piperazine rings is 1. The van der Waals surface area contributed by atoms with Crippen molar-refractivity contribution in [3.8, 4) is 0 Å². The zero-order valence-corrected chi connectivity index (χ0v) is 12.6. The predicted octanol–water partition coefficient (Wildman–Crippen LogP) is 2.94. The van der Waals surface area contributed by atoms with Crippen molar-refractivity contribution in [2.45, 2.75) is 26.3 Å². The molecule has 0 aliphatic carbocycles. The largest absolute Gasteiger partial charge is 0.336 e. The first-order chi connectivity index (χ1) is 9.49. The van der Waals surface area contributed by atoms with Crippen molar-refractivity contribution in [2.75, 3.05) is 19.6 Å². The number of halogens is 2. The van der Waals surface area contributed by atoms with E-state index in [0.29, 0.717) is 19.0 Å². The summed E-state index contributed by atoms with van der Waals surface area (Å²) in [6.07, 6.45) is 0.995. The van der Waals surface area contributed by atoms with Crippen LogP contribution in [0.2, 0.25) is 5.02 Å². The van der Waals surface area contributed by atoms with Crippen molar-refractivity contribution in [3.05, 3.63) is 34.6 Å². The molecule has 1 fully saturated rings. The lowest BCUT2D eigenvalue weighted by atomic mass is 10.0. The zero-order chi connectivity index (χ0) is 14.7. The van der Waals surface area contributed by atoms with Crippen molar-refractivity contribution >= 4 is 17.5 Å². The minimum absolute atomic E-state index is 0.0145. The SMILES string of the molecule is CC(C)CC1CN(C(=O)c2c(F)cccc2Cl)CCN1. The molecule has 1 atom stereocenters. The van der Waals surface area contributed by atoms with Gasteiger partial charge in [-0.2, -0.15) is 0 Å². The van der Waals surface area contributed by atoms with E-state index >= 15 is 0 Å². The highest BCUT2D eigenvalue weighted by Crippen LogP contribution is 2.22. The van der Waals surface area contributed by atoms with E-state index in [1.165, 1.54) is 12.1 Å².